The molecule has 1 rings (SSSR count). The maximum atomic E-state index is 12.0. The van der Waals surface area contributed by atoms with Gasteiger partial charge in [0.25, 0.3) is 5.91 Å². The van der Waals surface area contributed by atoms with Gasteiger partial charge in [-0.25, -0.2) is 0 Å². The molecule has 0 aliphatic heterocycles. The lowest BCUT2D eigenvalue weighted by Crippen LogP contribution is -2.38. The second kappa shape index (κ2) is 7.24. The minimum Gasteiger partial charge on any atom is -0.481 e. The molecule has 0 spiro atoms. The van der Waals surface area contributed by atoms with E-state index in [9.17, 15) is 4.79 Å². The van der Waals surface area contributed by atoms with Crippen molar-refractivity contribution in [2.24, 2.45) is 5.73 Å². The fourth-order valence-electron chi connectivity index (χ4n) is 1.54. The monoisotopic (exact) mass is 270 g/mol. The summed E-state index contributed by atoms with van der Waals surface area (Å²) >= 11 is 5.85. The molecular formula is C13H19ClN2O2. The van der Waals surface area contributed by atoms with E-state index in [2.05, 4.69) is 0 Å². The fraction of sp³-hybridized carbons (Fsp3) is 0.462. The van der Waals surface area contributed by atoms with Crippen molar-refractivity contribution >= 4 is 17.5 Å². The molecule has 5 heteroatoms. The second-order valence-corrected chi connectivity index (χ2v) is 4.56. The number of halogens is 1. The third-order valence-electron chi connectivity index (χ3n) is 2.53. The molecule has 0 saturated carbocycles. The lowest BCUT2D eigenvalue weighted by atomic mass is 10.3. The van der Waals surface area contributed by atoms with Crippen molar-refractivity contribution in [3.05, 3.63) is 29.3 Å². The molecule has 1 aromatic carbocycles. The third kappa shape index (κ3) is 4.55. The Morgan fingerprint density at radius 2 is 2.28 bits per heavy atom. The standard InChI is InChI=1S/C13H19ClN2O2/c1-10(13(17)16(2)8-4-7-15)18-12-6-3-5-11(14)9-12/h3,5-6,9-10H,4,7-8,15H2,1-2H3. The van der Waals surface area contributed by atoms with Gasteiger partial charge in [0.15, 0.2) is 6.10 Å². The van der Waals surface area contributed by atoms with E-state index in [4.69, 9.17) is 22.1 Å². The SMILES string of the molecule is CC(Oc1cccc(Cl)c1)C(=O)N(C)CCCN. The minimum atomic E-state index is -0.536. The largest absolute Gasteiger partial charge is 0.481 e. The lowest BCUT2D eigenvalue weighted by molar-refractivity contribution is -0.136. The van der Waals surface area contributed by atoms with Gasteiger partial charge in [-0.1, -0.05) is 17.7 Å². The Hall–Kier alpha value is -1.26. The normalized spacial score (nSPS) is 12.0. The predicted octanol–water partition coefficient (Wildman–Crippen LogP) is 1.91. The van der Waals surface area contributed by atoms with Gasteiger partial charge in [-0.3, -0.25) is 4.79 Å². The summed E-state index contributed by atoms with van der Waals surface area (Å²) in [5.41, 5.74) is 5.41. The van der Waals surface area contributed by atoms with Crippen molar-refractivity contribution in [1.29, 1.82) is 0 Å². The van der Waals surface area contributed by atoms with Crippen molar-refractivity contribution in [2.45, 2.75) is 19.4 Å². The van der Waals surface area contributed by atoms with E-state index >= 15 is 0 Å². The summed E-state index contributed by atoms with van der Waals surface area (Å²) in [6.45, 7) is 2.93. The van der Waals surface area contributed by atoms with Crippen LogP contribution in [-0.4, -0.2) is 37.0 Å². The molecule has 0 aliphatic rings. The van der Waals surface area contributed by atoms with Crippen molar-refractivity contribution in [2.75, 3.05) is 20.1 Å². The van der Waals surface area contributed by atoms with Crippen LogP contribution < -0.4 is 10.5 Å². The maximum absolute atomic E-state index is 12.0. The van der Waals surface area contributed by atoms with Crippen LogP contribution in [0.5, 0.6) is 5.75 Å². The highest BCUT2D eigenvalue weighted by atomic mass is 35.5. The summed E-state index contributed by atoms with van der Waals surface area (Å²) in [5.74, 6) is 0.527. The smallest absolute Gasteiger partial charge is 0.263 e. The van der Waals surface area contributed by atoms with E-state index in [1.807, 2.05) is 0 Å². The molecule has 0 fully saturated rings. The first kappa shape index (κ1) is 14.8. The van der Waals surface area contributed by atoms with Gasteiger partial charge in [-0.05, 0) is 38.1 Å². The van der Waals surface area contributed by atoms with Crippen molar-refractivity contribution in [3.8, 4) is 5.75 Å². The minimum absolute atomic E-state index is 0.0663. The number of nitrogens with zero attached hydrogens (tertiary/aromatic N) is 1. The first-order valence-corrected chi connectivity index (χ1v) is 6.29. The Balaban J connectivity index is 2.54. The average molecular weight is 271 g/mol. The number of ether oxygens (including phenoxy) is 1. The number of hydrogen-bond donors (Lipinski definition) is 1. The average Bonchev–Trinajstić information content (AvgIpc) is 2.35. The highest BCUT2D eigenvalue weighted by Crippen LogP contribution is 2.18. The van der Waals surface area contributed by atoms with E-state index in [-0.39, 0.29) is 5.91 Å². The summed E-state index contributed by atoms with van der Waals surface area (Å²) < 4.78 is 5.55. The second-order valence-electron chi connectivity index (χ2n) is 4.12. The van der Waals surface area contributed by atoms with Gasteiger partial charge in [0.2, 0.25) is 0 Å². The lowest BCUT2D eigenvalue weighted by Gasteiger charge is -2.22. The molecular weight excluding hydrogens is 252 g/mol. The number of hydrogen-bond acceptors (Lipinski definition) is 3. The molecule has 2 N–H and O–H groups in total. The number of carbonyl (C=O) groups excluding carboxylic acids is 1. The van der Waals surface area contributed by atoms with Gasteiger partial charge in [-0.15, -0.1) is 0 Å². The van der Waals surface area contributed by atoms with Gasteiger partial charge in [0.1, 0.15) is 5.75 Å². The molecule has 100 valence electrons. The number of nitrogens with two attached hydrogens (primary N) is 1. The number of amides is 1. The third-order valence-corrected chi connectivity index (χ3v) is 2.77. The Morgan fingerprint density at radius 1 is 1.56 bits per heavy atom. The summed E-state index contributed by atoms with van der Waals surface area (Å²) in [5, 5.41) is 0.587. The van der Waals surface area contributed by atoms with Crippen LogP contribution in [0.25, 0.3) is 0 Å². The number of likely N-dealkylation sites (N-methyl/N-ethyl adjacent to an activating group) is 1. The van der Waals surface area contributed by atoms with Gasteiger partial charge < -0.3 is 15.4 Å². The molecule has 1 unspecified atom stereocenters. The first-order valence-electron chi connectivity index (χ1n) is 5.92. The highest BCUT2D eigenvalue weighted by Gasteiger charge is 2.18. The zero-order chi connectivity index (χ0) is 13.5. The van der Waals surface area contributed by atoms with Crippen molar-refractivity contribution in [3.63, 3.8) is 0 Å². The maximum Gasteiger partial charge on any atom is 0.263 e. The van der Waals surface area contributed by atoms with Crippen LogP contribution in [0.3, 0.4) is 0 Å². The summed E-state index contributed by atoms with van der Waals surface area (Å²) in [4.78, 5) is 13.6. The van der Waals surface area contributed by atoms with E-state index < -0.39 is 6.10 Å². The van der Waals surface area contributed by atoms with Crippen LogP contribution in [0, 0.1) is 0 Å². The zero-order valence-corrected chi connectivity index (χ0v) is 11.5. The quantitative estimate of drug-likeness (QED) is 0.859. The number of benzene rings is 1. The van der Waals surface area contributed by atoms with E-state index in [1.54, 1.807) is 43.1 Å². The van der Waals surface area contributed by atoms with E-state index in [0.717, 1.165) is 6.42 Å². The van der Waals surface area contributed by atoms with Crippen LogP contribution in [0.4, 0.5) is 0 Å². The van der Waals surface area contributed by atoms with Crippen molar-refractivity contribution < 1.29 is 9.53 Å². The van der Waals surface area contributed by atoms with Crippen molar-refractivity contribution in [1.82, 2.24) is 4.90 Å². The van der Waals surface area contributed by atoms with Gasteiger partial charge in [-0.2, -0.15) is 0 Å². The summed E-state index contributed by atoms with van der Waals surface area (Å²) in [6, 6.07) is 7.00. The van der Waals surface area contributed by atoms with Crippen LogP contribution in [0.2, 0.25) is 5.02 Å². The molecule has 4 nitrogen and oxygen atoms in total. The van der Waals surface area contributed by atoms with E-state index in [0.29, 0.717) is 23.9 Å². The van der Waals surface area contributed by atoms with Crippen LogP contribution >= 0.6 is 11.6 Å². The van der Waals surface area contributed by atoms with Gasteiger partial charge in [0.05, 0.1) is 0 Å². The van der Waals surface area contributed by atoms with E-state index in [1.165, 1.54) is 0 Å². The first-order chi connectivity index (χ1) is 8.54. The fourth-order valence-corrected chi connectivity index (χ4v) is 1.72. The molecule has 0 bridgehead atoms. The van der Waals surface area contributed by atoms with Crippen LogP contribution in [0.15, 0.2) is 24.3 Å². The molecule has 0 saturated heterocycles. The Morgan fingerprint density at radius 3 is 2.89 bits per heavy atom. The molecule has 0 aliphatic carbocycles. The summed E-state index contributed by atoms with van der Waals surface area (Å²) in [7, 11) is 1.75. The summed E-state index contributed by atoms with van der Waals surface area (Å²) in [6.07, 6.45) is 0.248. The van der Waals surface area contributed by atoms with Gasteiger partial charge >= 0.3 is 0 Å². The number of rotatable bonds is 6. The molecule has 18 heavy (non-hydrogen) atoms. The van der Waals surface area contributed by atoms with Crippen LogP contribution in [0.1, 0.15) is 13.3 Å². The van der Waals surface area contributed by atoms with Crippen LogP contribution in [-0.2, 0) is 4.79 Å². The Bertz CT molecular complexity index is 398. The van der Waals surface area contributed by atoms with Gasteiger partial charge in [0, 0.05) is 18.6 Å². The molecule has 0 heterocycles. The molecule has 1 aromatic rings. The number of carbonyl (C=O) groups is 1. The molecule has 0 radical (unpaired) electrons. The predicted molar refractivity (Wildman–Crippen MR) is 72.9 cm³/mol. The molecule has 0 aromatic heterocycles. The highest BCUT2D eigenvalue weighted by molar-refractivity contribution is 6.30. The molecule has 1 atom stereocenters. The molecule has 1 amide bonds. The topological polar surface area (TPSA) is 55.6 Å². The Labute approximate surface area is 113 Å². The Kier molecular flexibility index (Phi) is 5.95. The zero-order valence-electron chi connectivity index (χ0n) is 10.7.